The van der Waals surface area contributed by atoms with Gasteiger partial charge in [0.2, 0.25) is 0 Å². The maximum absolute atomic E-state index is 10.1. The van der Waals surface area contributed by atoms with Crippen LogP contribution < -0.4 is 5.48 Å². The zero-order valence-electron chi connectivity index (χ0n) is 5.21. The molecule has 0 aromatic rings. The Balaban J connectivity index is 3.39. The molecular formula is C3H10NO4P. The predicted molar refractivity (Wildman–Crippen MR) is 33.6 cm³/mol. The van der Waals surface area contributed by atoms with Crippen molar-refractivity contribution in [1.82, 2.24) is 5.48 Å². The molecular weight excluding hydrogens is 145 g/mol. The molecule has 0 fully saturated rings. The normalized spacial score (nSPS) is 12.9. The van der Waals surface area contributed by atoms with E-state index in [4.69, 9.17) is 9.79 Å². The first-order valence-corrected chi connectivity index (χ1v) is 4.61. The number of carbonyl (C=O) groups excluding carboxylic acids is 1. The van der Waals surface area contributed by atoms with Gasteiger partial charge >= 0.3 is 52.1 Å². The molecule has 1 amide bonds. The predicted octanol–water partition coefficient (Wildman–Crippen LogP) is -0.837. The Morgan fingerprint density at radius 3 is 2.22 bits per heavy atom. The molecule has 0 aliphatic carbocycles. The molecule has 0 aliphatic heterocycles. The van der Waals surface area contributed by atoms with Gasteiger partial charge in [0, 0.05) is 0 Å². The Hall–Kier alpha value is -0.220. The van der Waals surface area contributed by atoms with Gasteiger partial charge in [-0.15, -0.1) is 0 Å². The van der Waals surface area contributed by atoms with Crippen LogP contribution in [-0.2, 0) is 9.42 Å². The summed E-state index contributed by atoms with van der Waals surface area (Å²) in [5.74, 6) is -0.461. The molecule has 0 spiro atoms. The van der Waals surface area contributed by atoms with E-state index in [0.717, 1.165) is 6.66 Å². The first-order chi connectivity index (χ1) is 3.92. The van der Waals surface area contributed by atoms with E-state index in [1.165, 1.54) is 6.92 Å². The number of nitrogens with one attached hydrogen (secondary N) is 1. The standard InChI is InChI=1S/C3H10NO4P/c1-3(5)4-8-9(2,6)7/h6-7,9H,1-2H3,(H,4,5). The molecule has 0 bridgehead atoms. The molecule has 0 aliphatic rings. The number of hydrogen-bond donors (Lipinski definition) is 3. The van der Waals surface area contributed by atoms with Crippen LogP contribution in [-0.4, -0.2) is 22.4 Å². The van der Waals surface area contributed by atoms with Crippen LogP contribution in [0.1, 0.15) is 6.92 Å². The average Bonchev–Trinajstić information content (AvgIpc) is 1.59. The topological polar surface area (TPSA) is 78.8 Å². The fraction of sp³-hybridized carbons (Fsp3) is 0.667. The van der Waals surface area contributed by atoms with Crippen LogP contribution in [0.25, 0.3) is 0 Å². The monoisotopic (exact) mass is 155 g/mol. The van der Waals surface area contributed by atoms with E-state index in [1.807, 2.05) is 5.48 Å². The second-order valence-electron chi connectivity index (χ2n) is 1.69. The van der Waals surface area contributed by atoms with Crippen molar-refractivity contribution in [2.45, 2.75) is 6.92 Å². The minimum atomic E-state index is -3.55. The van der Waals surface area contributed by atoms with E-state index in [9.17, 15) is 4.79 Å². The molecule has 6 heteroatoms. The van der Waals surface area contributed by atoms with Gasteiger partial charge in [-0.3, -0.25) is 0 Å². The van der Waals surface area contributed by atoms with E-state index < -0.39 is 13.9 Å². The summed E-state index contributed by atoms with van der Waals surface area (Å²) < 4.78 is 4.14. The number of hydrogen-bond acceptors (Lipinski definition) is 4. The zero-order chi connectivity index (χ0) is 7.49. The van der Waals surface area contributed by atoms with Gasteiger partial charge in [0.25, 0.3) is 0 Å². The molecule has 0 heterocycles. The van der Waals surface area contributed by atoms with Gasteiger partial charge in [0.1, 0.15) is 0 Å². The molecule has 9 heavy (non-hydrogen) atoms. The Labute approximate surface area is 53.2 Å². The number of rotatable bonds is 2. The molecule has 0 unspecified atom stereocenters. The van der Waals surface area contributed by atoms with Crippen molar-refractivity contribution >= 4 is 13.9 Å². The SMILES string of the molecule is CC(=O)NO[PH](C)(O)O. The molecule has 0 saturated heterocycles. The summed E-state index contributed by atoms with van der Waals surface area (Å²) in [4.78, 5) is 27.1. The molecule has 0 radical (unpaired) electrons. The van der Waals surface area contributed by atoms with Gasteiger partial charge < -0.3 is 0 Å². The van der Waals surface area contributed by atoms with E-state index in [2.05, 4.69) is 4.62 Å². The van der Waals surface area contributed by atoms with Crippen molar-refractivity contribution in [1.29, 1.82) is 0 Å². The number of carbonyl (C=O) groups is 1. The summed E-state index contributed by atoms with van der Waals surface area (Å²) in [6.45, 7) is 2.32. The van der Waals surface area contributed by atoms with Gasteiger partial charge in [0.15, 0.2) is 0 Å². The van der Waals surface area contributed by atoms with Crippen molar-refractivity contribution in [2.75, 3.05) is 6.66 Å². The average molecular weight is 155 g/mol. The van der Waals surface area contributed by atoms with Crippen molar-refractivity contribution in [3.8, 4) is 0 Å². The van der Waals surface area contributed by atoms with Crippen LogP contribution in [0.5, 0.6) is 0 Å². The second kappa shape index (κ2) is 3.08. The fourth-order valence-corrected chi connectivity index (χ4v) is 0.506. The summed E-state index contributed by atoms with van der Waals surface area (Å²) in [7, 11) is -3.55. The molecule has 0 saturated carbocycles. The Kier molecular flexibility index (Phi) is 3.00. The third-order valence-electron chi connectivity index (χ3n) is 0.388. The number of hydroxylamine groups is 1. The van der Waals surface area contributed by atoms with Crippen LogP contribution in [0.2, 0.25) is 0 Å². The summed E-state index contributed by atoms with van der Waals surface area (Å²) >= 11 is 0. The molecule has 0 rings (SSSR count). The molecule has 0 aromatic carbocycles. The number of amides is 1. The quantitative estimate of drug-likeness (QED) is 0.359. The molecule has 5 nitrogen and oxygen atoms in total. The third-order valence-corrected chi connectivity index (χ3v) is 0.877. The molecule has 0 aromatic heterocycles. The van der Waals surface area contributed by atoms with Crippen molar-refractivity contribution in [3.63, 3.8) is 0 Å². The van der Waals surface area contributed by atoms with Gasteiger partial charge in [-0.05, 0) is 0 Å². The van der Waals surface area contributed by atoms with E-state index in [-0.39, 0.29) is 0 Å². The first kappa shape index (κ1) is 8.78. The van der Waals surface area contributed by atoms with Crippen LogP contribution >= 0.6 is 7.94 Å². The molecule has 56 valence electrons. The second-order valence-corrected chi connectivity index (χ2v) is 3.77. The van der Waals surface area contributed by atoms with E-state index in [0.29, 0.717) is 0 Å². The Morgan fingerprint density at radius 2 is 2.11 bits per heavy atom. The van der Waals surface area contributed by atoms with Crippen molar-refractivity contribution in [3.05, 3.63) is 0 Å². The van der Waals surface area contributed by atoms with Gasteiger partial charge in [-0.2, -0.15) is 0 Å². The Morgan fingerprint density at radius 1 is 1.67 bits per heavy atom. The van der Waals surface area contributed by atoms with Gasteiger partial charge in [0.05, 0.1) is 0 Å². The summed E-state index contributed by atoms with van der Waals surface area (Å²) in [5, 5.41) is 0. The summed E-state index contributed by atoms with van der Waals surface area (Å²) in [6, 6.07) is 0. The van der Waals surface area contributed by atoms with Crippen molar-refractivity contribution < 1.29 is 19.2 Å². The third kappa shape index (κ3) is 7.78. The zero-order valence-corrected chi connectivity index (χ0v) is 6.21. The molecule has 0 atom stereocenters. The van der Waals surface area contributed by atoms with Crippen LogP contribution in [0.15, 0.2) is 0 Å². The summed E-state index contributed by atoms with van der Waals surface area (Å²) in [6.07, 6.45) is 0. The van der Waals surface area contributed by atoms with Gasteiger partial charge in [-0.1, -0.05) is 0 Å². The Bertz CT molecular complexity index is 109. The first-order valence-electron chi connectivity index (χ1n) is 2.31. The van der Waals surface area contributed by atoms with Gasteiger partial charge in [-0.25, -0.2) is 0 Å². The summed E-state index contributed by atoms with van der Waals surface area (Å²) in [5.41, 5.74) is 1.81. The van der Waals surface area contributed by atoms with Crippen LogP contribution in [0.4, 0.5) is 0 Å². The van der Waals surface area contributed by atoms with Crippen LogP contribution in [0, 0.1) is 0 Å². The van der Waals surface area contributed by atoms with E-state index in [1.54, 1.807) is 0 Å². The molecule has 3 N–H and O–H groups in total. The minimum absolute atomic E-state index is 0.461. The maximum atomic E-state index is 10.1. The van der Waals surface area contributed by atoms with E-state index >= 15 is 0 Å². The van der Waals surface area contributed by atoms with Crippen LogP contribution in [0.3, 0.4) is 0 Å². The van der Waals surface area contributed by atoms with Crippen molar-refractivity contribution in [2.24, 2.45) is 0 Å². The fourth-order valence-electron chi connectivity index (χ4n) is 0.169.